The molecule has 134 valence electrons. The molecule has 25 heavy (non-hydrogen) atoms. The van der Waals surface area contributed by atoms with Gasteiger partial charge in [-0.1, -0.05) is 15.9 Å². The second kappa shape index (κ2) is 8.20. The minimum atomic E-state index is -0.368. The Hall–Kier alpha value is -2.28. The zero-order valence-corrected chi connectivity index (χ0v) is 16.0. The average molecular weight is 412 g/mol. The number of nitrogens with zero attached hydrogens (tertiary/aromatic N) is 1. The number of hydrogen-bond donors (Lipinski definition) is 0. The van der Waals surface area contributed by atoms with E-state index >= 15 is 0 Å². The second-order valence-electron chi connectivity index (χ2n) is 5.31. The molecule has 7 heteroatoms. The van der Waals surface area contributed by atoms with Crippen LogP contribution in [0.4, 0.5) is 4.39 Å². The van der Waals surface area contributed by atoms with Crippen molar-refractivity contribution in [3.05, 3.63) is 51.7 Å². The summed E-state index contributed by atoms with van der Waals surface area (Å²) in [4.78, 5) is 14.1. The molecule has 2 rings (SSSR count). The van der Waals surface area contributed by atoms with E-state index in [9.17, 15) is 9.18 Å². The maximum Gasteiger partial charge on any atom is 0.254 e. The fraction of sp³-hybridized carbons (Fsp3) is 0.278. The van der Waals surface area contributed by atoms with Gasteiger partial charge < -0.3 is 19.1 Å². The van der Waals surface area contributed by atoms with E-state index in [4.69, 9.17) is 14.2 Å². The van der Waals surface area contributed by atoms with Gasteiger partial charge in [0.2, 0.25) is 5.75 Å². The fourth-order valence-corrected chi connectivity index (χ4v) is 2.83. The van der Waals surface area contributed by atoms with E-state index in [1.165, 1.54) is 32.3 Å². The summed E-state index contributed by atoms with van der Waals surface area (Å²) in [7, 11) is 6.05. The van der Waals surface area contributed by atoms with Gasteiger partial charge >= 0.3 is 0 Å². The van der Waals surface area contributed by atoms with Gasteiger partial charge in [-0.25, -0.2) is 4.39 Å². The first-order valence-electron chi connectivity index (χ1n) is 7.40. The Morgan fingerprint density at radius 3 is 2.20 bits per heavy atom. The molecule has 0 heterocycles. The Morgan fingerprint density at radius 1 is 1.08 bits per heavy atom. The van der Waals surface area contributed by atoms with E-state index in [0.717, 1.165) is 4.47 Å². The highest BCUT2D eigenvalue weighted by Gasteiger charge is 2.20. The number of benzene rings is 2. The Morgan fingerprint density at radius 2 is 1.68 bits per heavy atom. The second-order valence-corrected chi connectivity index (χ2v) is 6.23. The number of rotatable bonds is 6. The Bertz CT molecular complexity index is 757. The Labute approximate surface area is 154 Å². The minimum Gasteiger partial charge on any atom is -0.493 e. The third-order valence-corrected chi connectivity index (χ3v) is 4.17. The smallest absolute Gasteiger partial charge is 0.254 e. The zero-order chi connectivity index (χ0) is 18.6. The van der Waals surface area contributed by atoms with Crippen LogP contribution in [0.2, 0.25) is 0 Å². The summed E-state index contributed by atoms with van der Waals surface area (Å²) in [5.74, 6) is 0.507. The maximum atomic E-state index is 13.9. The number of ether oxygens (including phenoxy) is 3. The normalized spacial score (nSPS) is 10.3. The lowest BCUT2D eigenvalue weighted by atomic mass is 10.1. The van der Waals surface area contributed by atoms with Gasteiger partial charge in [-0.05, 0) is 30.3 Å². The van der Waals surface area contributed by atoms with Crippen molar-refractivity contribution in [1.29, 1.82) is 0 Å². The van der Waals surface area contributed by atoms with Gasteiger partial charge in [0.25, 0.3) is 5.91 Å². The number of carbonyl (C=O) groups is 1. The molecule has 0 radical (unpaired) electrons. The predicted octanol–water partition coefficient (Wildman–Crippen LogP) is 3.89. The van der Waals surface area contributed by atoms with Gasteiger partial charge in [-0.3, -0.25) is 4.79 Å². The van der Waals surface area contributed by atoms with E-state index in [-0.39, 0.29) is 18.3 Å². The molecule has 0 atom stereocenters. The predicted molar refractivity (Wildman–Crippen MR) is 96.0 cm³/mol. The lowest BCUT2D eigenvalue weighted by molar-refractivity contribution is 0.0783. The number of halogens is 2. The maximum absolute atomic E-state index is 13.9. The van der Waals surface area contributed by atoms with Gasteiger partial charge in [0.15, 0.2) is 11.5 Å². The molecule has 0 unspecified atom stereocenters. The van der Waals surface area contributed by atoms with Crippen molar-refractivity contribution in [3.8, 4) is 17.2 Å². The molecule has 2 aromatic rings. The van der Waals surface area contributed by atoms with Crippen molar-refractivity contribution >= 4 is 21.8 Å². The number of hydrogen-bond acceptors (Lipinski definition) is 4. The van der Waals surface area contributed by atoms with E-state index in [2.05, 4.69) is 15.9 Å². The summed E-state index contributed by atoms with van der Waals surface area (Å²) >= 11 is 3.30. The molecule has 2 aromatic carbocycles. The first-order chi connectivity index (χ1) is 11.9. The van der Waals surface area contributed by atoms with Crippen LogP contribution >= 0.6 is 15.9 Å². The molecule has 0 bridgehead atoms. The van der Waals surface area contributed by atoms with Crippen LogP contribution in [0.1, 0.15) is 15.9 Å². The standard InChI is InChI=1S/C18H19BrFNO4/c1-21(10-12-7-13(19)5-6-14(12)20)18(22)11-8-15(23-2)17(25-4)16(9-11)24-3/h5-9H,10H2,1-4H3. The molecule has 0 aliphatic heterocycles. The van der Waals surface area contributed by atoms with Crippen LogP contribution < -0.4 is 14.2 Å². The van der Waals surface area contributed by atoms with Crippen LogP contribution in [0.5, 0.6) is 17.2 Å². The first-order valence-corrected chi connectivity index (χ1v) is 8.20. The third kappa shape index (κ3) is 4.22. The molecule has 0 spiro atoms. The number of amides is 1. The average Bonchev–Trinajstić information content (AvgIpc) is 2.62. The molecule has 1 amide bonds. The molecule has 0 saturated heterocycles. The largest absolute Gasteiger partial charge is 0.493 e. The highest BCUT2D eigenvalue weighted by molar-refractivity contribution is 9.10. The van der Waals surface area contributed by atoms with Gasteiger partial charge in [-0.2, -0.15) is 0 Å². The zero-order valence-electron chi connectivity index (χ0n) is 14.4. The number of methoxy groups -OCH3 is 3. The van der Waals surface area contributed by atoms with Crippen molar-refractivity contribution in [3.63, 3.8) is 0 Å². The molecule has 0 aliphatic rings. The molecular formula is C18H19BrFNO4. The molecule has 0 N–H and O–H groups in total. The molecule has 0 aliphatic carbocycles. The molecule has 5 nitrogen and oxygen atoms in total. The highest BCUT2D eigenvalue weighted by atomic mass is 79.9. The van der Waals surface area contributed by atoms with Gasteiger partial charge in [0.05, 0.1) is 21.3 Å². The lowest BCUT2D eigenvalue weighted by Crippen LogP contribution is -2.26. The third-order valence-electron chi connectivity index (χ3n) is 3.67. The first kappa shape index (κ1) is 19.1. The van der Waals surface area contributed by atoms with Crippen LogP contribution in [0.25, 0.3) is 0 Å². The van der Waals surface area contributed by atoms with Crippen molar-refractivity contribution in [2.45, 2.75) is 6.54 Å². The van der Waals surface area contributed by atoms with Crippen LogP contribution in [0.3, 0.4) is 0 Å². The number of carbonyl (C=O) groups excluding carboxylic acids is 1. The van der Waals surface area contributed by atoms with Crippen LogP contribution in [0, 0.1) is 5.82 Å². The van der Waals surface area contributed by atoms with E-state index in [0.29, 0.717) is 28.4 Å². The summed E-state index contributed by atoms with van der Waals surface area (Å²) in [5, 5.41) is 0. The SMILES string of the molecule is COc1cc(C(=O)N(C)Cc2cc(Br)ccc2F)cc(OC)c1OC. The molecule has 0 aromatic heterocycles. The van der Waals surface area contributed by atoms with Crippen molar-refractivity contribution in [2.24, 2.45) is 0 Å². The summed E-state index contributed by atoms with van der Waals surface area (Å²) < 4.78 is 30.4. The van der Waals surface area contributed by atoms with Crippen molar-refractivity contribution in [1.82, 2.24) is 4.90 Å². The monoisotopic (exact) mass is 411 g/mol. The van der Waals surface area contributed by atoms with Crippen molar-refractivity contribution < 1.29 is 23.4 Å². The summed E-state index contributed by atoms with van der Waals surface area (Å²) in [6.45, 7) is 0.126. The van der Waals surface area contributed by atoms with E-state index in [1.54, 1.807) is 31.3 Å². The topological polar surface area (TPSA) is 48.0 Å². The van der Waals surface area contributed by atoms with Crippen molar-refractivity contribution in [2.75, 3.05) is 28.4 Å². The van der Waals surface area contributed by atoms with Gasteiger partial charge in [0.1, 0.15) is 5.82 Å². The van der Waals surface area contributed by atoms with Crippen LogP contribution in [0.15, 0.2) is 34.8 Å². The summed E-state index contributed by atoms with van der Waals surface area (Å²) in [5.41, 5.74) is 0.769. The molecule has 0 saturated carbocycles. The fourth-order valence-electron chi connectivity index (χ4n) is 2.42. The molecular weight excluding hydrogens is 393 g/mol. The van der Waals surface area contributed by atoms with Gasteiger partial charge in [0, 0.05) is 29.2 Å². The minimum absolute atomic E-state index is 0.126. The Kier molecular flexibility index (Phi) is 6.25. The lowest BCUT2D eigenvalue weighted by Gasteiger charge is -2.20. The summed E-state index contributed by atoms with van der Waals surface area (Å²) in [6.07, 6.45) is 0. The molecule has 0 fully saturated rings. The quantitative estimate of drug-likeness (QED) is 0.723. The van der Waals surface area contributed by atoms with Crippen LogP contribution in [-0.4, -0.2) is 39.2 Å². The van der Waals surface area contributed by atoms with Gasteiger partial charge in [-0.15, -0.1) is 0 Å². The highest BCUT2D eigenvalue weighted by Crippen LogP contribution is 2.38. The van der Waals surface area contributed by atoms with Crippen LogP contribution in [-0.2, 0) is 6.54 Å². The van der Waals surface area contributed by atoms with E-state index in [1.807, 2.05) is 0 Å². The summed E-state index contributed by atoms with van der Waals surface area (Å²) in [6, 6.07) is 7.75. The van der Waals surface area contributed by atoms with E-state index < -0.39 is 0 Å². The Balaban J connectivity index is 2.31.